The molecule has 4 heteroatoms. The molecule has 4 aromatic rings. The molecule has 2 heterocycles. The molecule has 4 aromatic carbocycles. The van der Waals surface area contributed by atoms with Gasteiger partial charge in [-0.15, -0.1) is 12.2 Å². The van der Waals surface area contributed by atoms with Gasteiger partial charge < -0.3 is 20.0 Å². The van der Waals surface area contributed by atoms with Crippen LogP contribution in [-0.2, 0) is 0 Å². The monoisotopic (exact) mass is 496 g/mol. The number of rotatable bonds is 2. The highest BCUT2D eigenvalue weighted by Gasteiger charge is 2.36. The second-order valence-electron chi connectivity index (χ2n) is 10.4. The summed E-state index contributed by atoms with van der Waals surface area (Å²) in [7, 11) is 4.12. The molecule has 2 aliphatic heterocycles. The molecule has 0 atom stereocenters. The van der Waals surface area contributed by atoms with Crippen LogP contribution in [0.25, 0.3) is 11.1 Å². The molecule has 1 saturated carbocycles. The Morgan fingerprint density at radius 1 is 0.474 bits per heavy atom. The van der Waals surface area contributed by atoms with E-state index >= 15 is 0 Å². The summed E-state index contributed by atoms with van der Waals surface area (Å²) in [6, 6.07) is 32.8. The van der Waals surface area contributed by atoms with Gasteiger partial charge in [-0.05, 0) is 47.2 Å². The van der Waals surface area contributed by atoms with Crippen LogP contribution in [0.5, 0.6) is 0 Å². The number of benzene rings is 4. The van der Waals surface area contributed by atoms with Gasteiger partial charge in [0.2, 0.25) is 0 Å². The van der Waals surface area contributed by atoms with Crippen LogP contribution in [0.15, 0.2) is 109 Å². The Hall–Kier alpha value is -4.12. The van der Waals surface area contributed by atoms with E-state index in [-0.39, 0.29) is 0 Å². The van der Waals surface area contributed by atoms with Gasteiger partial charge in [-0.2, -0.15) is 0 Å². The van der Waals surface area contributed by atoms with E-state index in [1.54, 1.807) is 0 Å². The van der Waals surface area contributed by atoms with Crippen molar-refractivity contribution in [2.45, 2.75) is 12.2 Å². The Balaban J connectivity index is 1.28. The Morgan fingerprint density at radius 3 is 1.03 bits per heavy atom. The molecule has 0 saturated heterocycles. The van der Waals surface area contributed by atoms with Crippen molar-refractivity contribution in [3.63, 3.8) is 0 Å². The Bertz CT molecular complexity index is 1390. The van der Waals surface area contributed by atoms with Crippen LogP contribution in [0.3, 0.4) is 0 Å². The molecule has 0 N–H and O–H groups in total. The molecule has 1 aliphatic carbocycles. The molecule has 188 valence electrons. The van der Waals surface area contributed by atoms with Gasteiger partial charge >= 0.3 is 0 Å². The summed E-state index contributed by atoms with van der Waals surface area (Å²) in [5.41, 5.74) is 10.6. The van der Waals surface area contributed by atoms with E-state index in [0.29, 0.717) is 0 Å². The van der Waals surface area contributed by atoms with Crippen LogP contribution in [-0.4, -0.2) is 26.3 Å². The first kappa shape index (κ1) is 23.0. The Labute approximate surface area is 223 Å². The van der Waals surface area contributed by atoms with Crippen molar-refractivity contribution in [1.29, 1.82) is 0 Å². The SMILES string of the molecule is CN1c2ccccc2C(=CC2C([O-])C(C=C3c4ccccc4N(C)c4ccccc43)C2[O-])c2ccccc21. The first-order chi connectivity index (χ1) is 18.5. The van der Waals surface area contributed by atoms with Gasteiger partial charge in [0, 0.05) is 59.1 Å². The maximum absolute atomic E-state index is 13.7. The average Bonchev–Trinajstić information content (AvgIpc) is 2.97. The minimum absolute atomic E-state index is 0.576. The van der Waals surface area contributed by atoms with Crippen LogP contribution in [0.2, 0.25) is 0 Å². The highest BCUT2D eigenvalue weighted by Crippen LogP contribution is 2.48. The summed E-state index contributed by atoms with van der Waals surface area (Å²) in [4.78, 5) is 4.35. The molecule has 1 fully saturated rings. The van der Waals surface area contributed by atoms with Crippen LogP contribution < -0.4 is 20.0 Å². The number of fused-ring (bicyclic) bond motifs is 4. The van der Waals surface area contributed by atoms with Crippen molar-refractivity contribution in [3.8, 4) is 0 Å². The largest absolute Gasteiger partial charge is 0.851 e. The Kier molecular flexibility index (Phi) is 5.29. The second kappa shape index (κ2) is 8.73. The lowest BCUT2D eigenvalue weighted by atomic mass is 9.66. The third kappa shape index (κ3) is 3.31. The summed E-state index contributed by atoms with van der Waals surface area (Å²) in [5.74, 6) is -1.15. The lowest BCUT2D eigenvalue weighted by molar-refractivity contribution is -0.549. The molecule has 0 amide bonds. The zero-order valence-electron chi connectivity index (χ0n) is 21.4. The molecule has 0 spiro atoms. The minimum Gasteiger partial charge on any atom is -0.851 e. The number of nitrogens with zero attached hydrogens (tertiary/aromatic N) is 2. The Morgan fingerprint density at radius 2 is 0.737 bits per heavy atom. The van der Waals surface area contributed by atoms with Crippen LogP contribution in [0.1, 0.15) is 22.3 Å². The lowest BCUT2D eigenvalue weighted by Gasteiger charge is -2.60. The van der Waals surface area contributed by atoms with E-state index in [1.165, 1.54) is 0 Å². The molecular formula is C34H28N2O2-2. The van der Waals surface area contributed by atoms with E-state index in [9.17, 15) is 10.2 Å². The van der Waals surface area contributed by atoms with Gasteiger partial charge in [-0.3, -0.25) is 0 Å². The van der Waals surface area contributed by atoms with Gasteiger partial charge in [0.05, 0.1) is 0 Å². The van der Waals surface area contributed by atoms with E-state index in [1.807, 2.05) is 60.7 Å². The third-order valence-electron chi connectivity index (χ3n) is 8.46. The fraction of sp³-hybridized carbons (Fsp3) is 0.176. The average molecular weight is 497 g/mol. The molecular weight excluding hydrogens is 468 g/mol. The van der Waals surface area contributed by atoms with Gasteiger partial charge in [-0.1, -0.05) is 84.9 Å². The first-order valence-electron chi connectivity index (χ1n) is 13.1. The predicted molar refractivity (Wildman–Crippen MR) is 151 cm³/mol. The van der Waals surface area contributed by atoms with Crippen molar-refractivity contribution in [2.24, 2.45) is 11.8 Å². The number of para-hydroxylation sites is 4. The normalized spacial score (nSPS) is 23.1. The highest BCUT2D eigenvalue weighted by atomic mass is 16.3. The predicted octanol–water partition coefficient (Wildman–Crippen LogP) is 5.12. The number of anilines is 4. The summed E-state index contributed by atoms with van der Waals surface area (Å²) < 4.78 is 0. The molecule has 4 nitrogen and oxygen atoms in total. The van der Waals surface area contributed by atoms with Crippen LogP contribution in [0, 0.1) is 11.8 Å². The fourth-order valence-electron chi connectivity index (χ4n) is 6.39. The van der Waals surface area contributed by atoms with Crippen molar-refractivity contribution in [3.05, 3.63) is 131 Å². The summed E-state index contributed by atoms with van der Waals surface area (Å²) in [6.45, 7) is 0. The van der Waals surface area contributed by atoms with Gasteiger partial charge in [-0.25, -0.2) is 0 Å². The zero-order valence-corrected chi connectivity index (χ0v) is 21.4. The van der Waals surface area contributed by atoms with E-state index < -0.39 is 24.0 Å². The lowest BCUT2D eigenvalue weighted by Crippen LogP contribution is -2.65. The second-order valence-corrected chi connectivity index (χ2v) is 10.4. The number of hydrogen-bond acceptors (Lipinski definition) is 4. The van der Waals surface area contributed by atoms with E-state index in [4.69, 9.17) is 0 Å². The summed E-state index contributed by atoms with van der Waals surface area (Å²) >= 11 is 0. The van der Waals surface area contributed by atoms with E-state index in [2.05, 4.69) is 72.4 Å². The summed E-state index contributed by atoms with van der Waals surface area (Å²) in [5, 5.41) is 27.3. The highest BCUT2D eigenvalue weighted by molar-refractivity contribution is 5.99. The molecule has 0 bridgehead atoms. The van der Waals surface area contributed by atoms with Gasteiger partial charge in [0.25, 0.3) is 0 Å². The van der Waals surface area contributed by atoms with Gasteiger partial charge in [0.15, 0.2) is 0 Å². The number of hydrogen-bond donors (Lipinski definition) is 0. The zero-order chi connectivity index (χ0) is 26.0. The van der Waals surface area contributed by atoms with Crippen molar-refractivity contribution in [2.75, 3.05) is 23.9 Å². The summed E-state index contributed by atoms with van der Waals surface area (Å²) in [6.07, 6.45) is 1.95. The van der Waals surface area contributed by atoms with Crippen molar-refractivity contribution < 1.29 is 10.2 Å². The third-order valence-corrected chi connectivity index (χ3v) is 8.46. The van der Waals surface area contributed by atoms with Crippen molar-refractivity contribution >= 4 is 33.9 Å². The van der Waals surface area contributed by atoms with Gasteiger partial charge in [0.1, 0.15) is 0 Å². The minimum atomic E-state index is -0.990. The maximum Gasteiger partial charge on any atom is 0.0488 e. The molecule has 3 aliphatic rings. The van der Waals surface area contributed by atoms with Crippen LogP contribution >= 0.6 is 0 Å². The van der Waals surface area contributed by atoms with Crippen molar-refractivity contribution in [1.82, 2.24) is 0 Å². The molecule has 0 unspecified atom stereocenters. The van der Waals surface area contributed by atoms with E-state index in [0.717, 1.165) is 56.1 Å². The topological polar surface area (TPSA) is 52.6 Å². The smallest absolute Gasteiger partial charge is 0.0488 e. The molecule has 0 aromatic heterocycles. The molecule has 0 radical (unpaired) electrons. The standard InChI is InChI=1S/C34H28N2O2/c1-35-29-15-7-3-11-21(29)25(22-12-4-8-16-30(22)35)19-27-33(37)28(34(27)38)20-26-23-13-5-9-17-31(23)36(2)32-18-10-6-14-24(26)32/h3-20,27-28,33-34H,1-2H3/q-2. The molecule has 7 rings (SSSR count). The first-order valence-corrected chi connectivity index (χ1v) is 13.1. The quantitative estimate of drug-likeness (QED) is 0.387. The molecule has 38 heavy (non-hydrogen) atoms. The maximum atomic E-state index is 13.7. The van der Waals surface area contributed by atoms with Crippen LogP contribution in [0.4, 0.5) is 22.7 Å². The fourth-order valence-corrected chi connectivity index (χ4v) is 6.39.